The van der Waals surface area contributed by atoms with Crippen molar-refractivity contribution >= 4 is 29.7 Å². The third kappa shape index (κ3) is 7.60. The Morgan fingerprint density at radius 2 is 1.36 bits per heavy atom. The van der Waals surface area contributed by atoms with Crippen molar-refractivity contribution in [3.05, 3.63) is 66.2 Å². The van der Waals surface area contributed by atoms with E-state index in [1.165, 1.54) is 32.5 Å². The van der Waals surface area contributed by atoms with Crippen LogP contribution in [0.4, 0.5) is 0 Å². The van der Waals surface area contributed by atoms with Gasteiger partial charge in [0.1, 0.15) is 29.9 Å². The van der Waals surface area contributed by atoms with Crippen LogP contribution in [0.25, 0.3) is 0 Å². The Balaban J connectivity index is 1.46. The molecule has 0 radical (unpaired) electrons. The van der Waals surface area contributed by atoms with Gasteiger partial charge in [0, 0.05) is 31.2 Å². The predicted octanol–water partition coefficient (Wildman–Crippen LogP) is 2.90. The monoisotopic (exact) mass is 632 g/mol. The first-order chi connectivity index (χ1) is 21.1. The molecule has 0 aromatic heterocycles. The van der Waals surface area contributed by atoms with Gasteiger partial charge in [-0.25, -0.2) is 0 Å². The SMILES string of the molecule is CC(=O)O[C@@H]1[C@@H](OC(C)=O)[C@H](C)O[C@@H](O[C@@H]2[C@@H](O)[C@H](Sc3ccccc3)O[C@@H]3CO[C@@H](c4ccccc4)O[C@@H]23)[C@@H]1OC(C)=O. The summed E-state index contributed by atoms with van der Waals surface area (Å²) >= 11 is 1.30. The lowest BCUT2D eigenvalue weighted by Crippen LogP contribution is -2.66. The van der Waals surface area contributed by atoms with Crippen LogP contribution in [-0.2, 0) is 52.3 Å². The van der Waals surface area contributed by atoms with Gasteiger partial charge in [-0.2, -0.15) is 0 Å². The summed E-state index contributed by atoms with van der Waals surface area (Å²) in [5, 5.41) is 11.7. The number of aliphatic hydroxyl groups excluding tert-OH is 1. The van der Waals surface area contributed by atoms with Gasteiger partial charge in [0.2, 0.25) is 0 Å². The van der Waals surface area contributed by atoms with Crippen LogP contribution < -0.4 is 0 Å². The van der Waals surface area contributed by atoms with Crippen LogP contribution >= 0.6 is 11.8 Å². The standard InChI is InChI=1S/C31H36O12S/c1-16-24(38-17(2)32)27(39-18(3)33)28(40-19(4)34)30(37-16)43-26-23(35)31(44-21-13-9-6-10-14-21)41-22-15-36-29(42-25(22)26)20-11-7-5-8-12-20/h5-14,16,22-31,35H,15H2,1-4H3/t16-,22+,23+,24-,25+,26+,27+,28+,29+,30-,31-/m0/s1. The molecule has 1 N–H and O–H groups in total. The number of rotatable bonds is 8. The molecule has 2 aromatic carbocycles. The van der Waals surface area contributed by atoms with Crippen molar-refractivity contribution < 1.29 is 57.4 Å². The molecule has 0 bridgehead atoms. The van der Waals surface area contributed by atoms with Crippen molar-refractivity contribution in [3.63, 3.8) is 0 Å². The zero-order valence-electron chi connectivity index (χ0n) is 24.7. The van der Waals surface area contributed by atoms with E-state index in [2.05, 4.69) is 0 Å². The average Bonchev–Trinajstić information content (AvgIpc) is 2.99. The van der Waals surface area contributed by atoms with Gasteiger partial charge >= 0.3 is 17.9 Å². The maximum absolute atomic E-state index is 12.2. The summed E-state index contributed by atoms with van der Waals surface area (Å²) in [5.41, 5.74) is -0.0326. The Bertz CT molecular complexity index is 1280. The molecule has 0 saturated carbocycles. The van der Waals surface area contributed by atoms with E-state index in [1.807, 2.05) is 60.7 Å². The van der Waals surface area contributed by atoms with E-state index in [0.717, 1.165) is 10.5 Å². The fourth-order valence-corrected chi connectivity index (χ4v) is 6.54. The number of hydrogen-bond donors (Lipinski definition) is 1. The Morgan fingerprint density at radius 1 is 0.773 bits per heavy atom. The summed E-state index contributed by atoms with van der Waals surface area (Å²) in [5.74, 6) is -2.05. The number of ether oxygens (including phenoxy) is 8. The quantitative estimate of drug-likeness (QED) is 0.337. The third-order valence-corrected chi connectivity index (χ3v) is 8.47. The van der Waals surface area contributed by atoms with Gasteiger partial charge in [0.25, 0.3) is 0 Å². The van der Waals surface area contributed by atoms with E-state index < -0.39 is 84.8 Å². The second kappa shape index (κ2) is 14.4. The van der Waals surface area contributed by atoms with Crippen molar-refractivity contribution in [1.82, 2.24) is 0 Å². The summed E-state index contributed by atoms with van der Waals surface area (Å²) in [6.07, 6.45) is -10.5. The van der Waals surface area contributed by atoms with Crippen molar-refractivity contribution in [2.45, 2.75) is 99.4 Å². The third-order valence-electron chi connectivity index (χ3n) is 7.30. The first-order valence-electron chi connectivity index (χ1n) is 14.3. The molecule has 0 amide bonds. The summed E-state index contributed by atoms with van der Waals surface area (Å²) < 4.78 is 47.7. The molecule has 13 heteroatoms. The summed E-state index contributed by atoms with van der Waals surface area (Å²) in [4.78, 5) is 37.1. The van der Waals surface area contributed by atoms with Crippen LogP contribution in [0, 0.1) is 0 Å². The lowest BCUT2D eigenvalue weighted by Gasteiger charge is -2.50. The zero-order valence-corrected chi connectivity index (χ0v) is 25.5. The first-order valence-corrected chi connectivity index (χ1v) is 15.2. The molecule has 3 heterocycles. The molecule has 44 heavy (non-hydrogen) atoms. The maximum atomic E-state index is 12.2. The molecule has 0 spiro atoms. The van der Waals surface area contributed by atoms with Crippen molar-refractivity contribution in [3.8, 4) is 0 Å². The minimum atomic E-state index is -1.35. The molecule has 0 unspecified atom stereocenters. The topological polar surface area (TPSA) is 145 Å². The molecule has 0 aliphatic carbocycles. The fourth-order valence-electron chi connectivity index (χ4n) is 5.46. The summed E-state index contributed by atoms with van der Waals surface area (Å²) in [7, 11) is 0. The highest BCUT2D eigenvalue weighted by molar-refractivity contribution is 7.99. The average molecular weight is 633 g/mol. The largest absolute Gasteiger partial charge is 0.456 e. The van der Waals surface area contributed by atoms with E-state index in [9.17, 15) is 19.5 Å². The van der Waals surface area contributed by atoms with E-state index in [1.54, 1.807) is 6.92 Å². The molecule has 5 rings (SSSR count). The normalized spacial score (nSPS) is 35.2. The van der Waals surface area contributed by atoms with Crippen molar-refractivity contribution in [2.24, 2.45) is 0 Å². The first kappa shape index (κ1) is 32.4. The zero-order chi connectivity index (χ0) is 31.4. The van der Waals surface area contributed by atoms with E-state index >= 15 is 0 Å². The maximum Gasteiger partial charge on any atom is 0.303 e. The van der Waals surface area contributed by atoms with Gasteiger partial charge in [-0.15, -0.1) is 0 Å². The number of esters is 3. The molecular weight excluding hydrogens is 596 g/mol. The molecule has 12 nitrogen and oxygen atoms in total. The van der Waals surface area contributed by atoms with Crippen LogP contribution in [0.2, 0.25) is 0 Å². The van der Waals surface area contributed by atoms with E-state index in [-0.39, 0.29) is 6.61 Å². The van der Waals surface area contributed by atoms with Gasteiger partial charge in [0.15, 0.2) is 30.9 Å². The molecular formula is C31H36O12S. The number of fused-ring (bicyclic) bond motifs is 1. The van der Waals surface area contributed by atoms with Gasteiger partial charge in [-0.05, 0) is 19.1 Å². The molecule has 2 aromatic rings. The Morgan fingerprint density at radius 3 is 2.00 bits per heavy atom. The number of benzene rings is 2. The highest BCUT2D eigenvalue weighted by atomic mass is 32.2. The fraction of sp³-hybridized carbons (Fsp3) is 0.516. The van der Waals surface area contributed by atoms with Gasteiger partial charge in [-0.3, -0.25) is 14.4 Å². The highest BCUT2D eigenvalue weighted by Crippen LogP contribution is 2.41. The van der Waals surface area contributed by atoms with Gasteiger partial charge in [0.05, 0.1) is 12.7 Å². The number of aliphatic hydroxyl groups is 1. The second-order valence-corrected chi connectivity index (χ2v) is 11.8. The van der Waals surface area contributed by atoms with E-state index in [0.29, 0.717) is 0 Å². The van der Waals surface area contributed by atoms with Crippen LogP contribution in [-0.4, -0.2) is 90.2 Å². The smallest absolute Gasteiger partial charge is 0.303 e. The summed E-state index contributed by atoms with van der Waals surface area (Å²) in [6, 6.07) is 18.7. The van der Waals surface area contributed by atoms with Crippen LogP contribution in [0.5, 0.6) is 0 Å². The number of hydrogen-bond acceptors (Lipinski definition) is 13. The number of carbonyl (C=O) groups is 3. The Hall–Kier alpha value is -3.04. The lowest BCUT2D eigenvalue weighted by atomic mass is 9.96. The highest BCUT2D eigenvalue weighted by Gasteiger charge is 2.56. The van der Waals surface area contributed by atoms with Crippen LogP contribution in [0.1, 0.15) is 39.5 Å². The minimum absolute atomic E-state index is 0.141. The van der Waals surface area contributed by atoms with E-state index in [4.69, 9.17) is 37.9 Å². The van der Waals surface area contributed by atoms with Crippen molar-refractivity contribution in [2.75, 3.05) is 6.61 Å². The summed E-state index contributed by atoms with van der Waals surface area (Å²) in [6.45, 7) is 5.32. The Labute approximate surface area is 259 Å². The molecule has 238 valence electrons. The number of thioether (sulfide) groups is 1. The van der Waals surface area contributed by atoms with Crippen LogP contribution in [0.3, 0.4) is 0 Å². The minimum Gasteiger partial charge on any atom is -0.456 e. The predicted molar refractivity (Wildman–Crippen MR) is 153 cm³/mol. The van der Waals surface area contributed by atoms with Crippen molar-refractivity contribution in [1.29, 1.82) is 0 Å². The molecule has 3 aliphatic rings. The second-order valence-electron chi connectivity index (χ2n) is 10.7. The van der Waals surface area contributed by atoms with Crippen LogP contribution in [0.15, 0.2) is 65.6 Å². The molecule has 3 fully saturated rings. The molecule has 3 saturated heterocycles. The molecule has 11 atom stereocenters. The lowest BCUT2D eigenvalue weighted by molar-refractivity contribution is -0.364. The number of carbonyl (C=O) groups excluding carboxylic acids is 3. The van der Waals surface area contributed by atoms with Gasteiger partial charge < -0.3 is 43.0 Å². The Kier molecular flexibility index (Phi) is 10.6. The molecule has 3 aliphatic heterocycles. The van der Waals surface area contributed by atoms with Gasteiger partial charge in [-0.1, -0.05) is 60.3 Å².